The first-order valence-corrected chi connectivity index (χ1v) is 20.6. The van der Waals surface area contributed by atoms with Crippen LogP contribution >= 0.6 is 0 Å². The molecule has 308 valence electrons. The van der Waals surface area contributed by atoms with Crippen LogP contribution in [0.5, 0.6) is 0 Å². The molecule has 4 aromatic rings. The van der Waals surface area contributed by atoms with Crippen molar-refractivity contribution in [2.45, 2.75) is 76.2 Å². The third-order valence-electron chi connectivity index (χ3n) is 12.2. The SMILES string of the molecule is CC(CCC(=O)NC=O)c1noc2c3c(ccc12)CC(CN1CCC(c2ccc(Nc4nc(N5CCCC(N(C=O)CCN(C)C)C5)cnc4C(N)=O)cc2)CC1)C3. The second-order valence-corrected chi connectivity index (χ2v) is 16.5. The Balaban J connectivity index is 0.921. The van der Waals surface area contributed by atoms with Gasteiger partial charge in [0.2, 0.25) is 18.7 Å². The minimum Gasteiger partial charge on any atom is -0.364 e. The van der Waals surface area contributed by atoms with Crippen molar-refractivity contribution < 1.29 is 23.7 Å². The molecule has 2 aromatic heterocycles. The zero-order chi connectivity index (χ0) is 40.8. The van der Waals surface area contributed by atoms with Gasteiger partial charge in [-0.1, -0.05) is 30.3 Å². The van der Waals surface area contributed by atoms with Gasteiger partial charge in [-0.05, 0) is 113 Å². The molecule has 0 radical (unpaired) electrons. The normalized spacial score (nSPS) is 19.2. The Hall–Kier alpha value is -5.41. The summed E-state index contributed by atoms with van der Waals surface area (Å²) in [5.74, 6) is 1.03. The Labute approximate surface area is 339 Å². The highest BCUT2D eigenvalue weighted by Crippen LogP contribution is 2.38. The van der Waals surface area contributed by atoms with Crippen LogP contribution in [0.25, 0.3) is 11.0 Å². The average molecular weight is 793 g/mol. The smallest absolute Gasteiger partial charge is 0.271 e. The Morgan fingerprint density at radius 3 is 2.55 bits per heavy atom. The number of aromatic nitrogens is 3. The number of nitrogens with two attached hydrogens (primary N) is 1. The fourth-order valence-electron chi connectivity index (χ4n) is 8.97. The first kappa shape index (κ1) is 40.8. The van der Waals surface area contributed by atoms with Gasteiger partial charge < -0.3 is 35.2 Å². The Morgan fingerprint density at radius 1 is 1.03 bits per heavy atom. The molecule has 2 fully saturated rings. The zero-order valence-corrected chi connectivity index (χ0v) is 33.9. The number of carbonyl (C=O) groups excluding carboxylic acids is 4. The fraction of sp³-hybridized carbons (Fsp3) is 0.512. The molecule has 3 aliphatic rings. The van der Waals surface area contributed by atoms with E-state index in [4.69, 9.17) is 15.2 Å². The van der Waals surface area contributed by atoms with E-state index < -0.39 is 5.91 Å². The number of hydrogen-bond acceptors (Lipinski definition) is 12. The average Bonchev–Trinajstić information content (AvgIpc) is 3.85. The van der Waals surface area contributed by atoms with Crippen molar-refractivity contribution in [1.29, 1.82) is 0 Å². The molecular weight excluding hydrogens is 737 g/mol. The van der Waals surface area contributed by atoms with E-state index in [2.05, 4.69) is 59.7 Å². The molecule has 2 aliphatic heterocycles. The minimum absolute atomic E-state index is 0.0311. The summed E-state index contributed by atoms with van der Waals surface area (Å²) >= 11 is 0. The number of amides is 4. The number of anilines is 3. The van der Waals surface area contributed by atoms with Crippen molar-refractivity contribution in [2.24, 2.45) is 11.7 Å². The second-order valence-electron chi connectivity index (χ2n) is 16.5. The summed E-state index contributed by atoms with van der Waals surface area (Å²) in [7, 11) is 4.00. The zero-order valence-electron chi connectivity index (χ0n) is 33.9. The van der Waals surface area contributed by atoms with Crippen molar-refractivity contribution in [3.8, 4) is 0 Å². The van der Waals surface area contributed by atoms with E-state index in [1.54, 1.807) is 6.20 Å². The molecule has 3 atom stereocenters. The molecule has 1 aliphatic carbocycles. The van der Waals surface area contributed by atoms with Crippen molar-refractivity contribution in [3.05, 3.63) is 70.7 Å². The quantitative estimate of drug-likeness (QED) is 0.130. The van der Waals surface area contributed by atoms with Crippen LogP contribution < -0.4 is 21.3 Å². The summed E-state index contributed by atoms with van der Waals surface area (Å²) in [5, 5.41) is 11.0. The van der Waals surface area contributed by atoms with Crippen molar-refractivity contribution >= 4 is 52.9 Å². The number of primary amides is 1. The van der Waals surface area contributed by atoms with Gasteiger partial charge in [0, 0.05) is 67.7 Å². The molecular formula is C43H56N10O5. The number of fused-ring (bicyclic) bond motifs is 3. The van der Waals surface area contributed by atoms with E-state index in [0.29, 0.717) is 49.4 Å². The lowest BCUT2D eigenvalue weighted by atomic mass is 9.89. The first-order chi connectivity index (χ1) is 28.1. The fourth-order valence-corrected chi connectivity index (χ4v) is 8.97. The molecule has 2 saturated heterocycles. The number of nitrogens with one attached hydrogen (secondary N) is 2. The van der Waals surface area contributed by atoms with Gasteiger partial charge >= 0.3 is 0 Å². The summed E-state index contributed by atoms with van der Waals surface area (Å²) in [6, 6.07) is 12.8. The highest BCUT2D eigenvalue weighted by Gasteiger charge is 2.31. The predicted octanol–water partition coefficient (Wildman–Crippen LogP) is 4.20. The molecule has 4 heterocycles. The lowest BCUT2D eigenvalue weighted by molar-refractivity contribution is -0.125. The van der Waals surface area contributed by atoms with Gasteiger partial charge in [0.25, 0.3) is 5.91 Å². The predicted molar refractivity (Wildman–Crippen MR) is 222 cm³/mol. The minimum atomic E-state index is -0.652. The summed E-state index contributed by atoms with van der Waals surface area (Å²) < 4.78 is 5.92. The molecule has 15 heteroatoms. The molecule has 4 N–H and O–H groups in total. The number of imide groups is 1. The van der Waals surface area contributed by atoms with Gasteiger partial charge in [0.05, 0.1) is 11.9 Å². The number of piperidine rings is 2. The summed E-state index contributed by atoms with van der Waals surface area (Å²) in [4.78, 5) is 64.6. The molecule has 0 spiro atoms. The van der Waals surface area contributed by atoms with E-state index in [1.807, 2.05) is 38.1 Å². The van der Waals surface area contributed by atoms with E-state index in [-0.39, 0.29) is 30.0 Å². The lowest BCUT2D eigenvalue weighted by Crippen LogP contribution is -2.49. The number of likely N-dealkylation sites (N-methyl/N-ethyl adjacent to an activating group) is 1. The largest absolute Gasteiger partial charge is 0.364 e. The van der Waals surface area contributed by atoms with Crippen LogP contribution in [0.4, 0.5) is 17.3 Å². The number of carbonyl (C=O) groups is 4. The van der Waals surface area contributed by atoms with Crippen LogP contribution in [-0.2, 0) is 27.2 Å². The number of nitrogens with zero attached hydrogens (tertiary/aromatic N) is 7. The molecule has 4 amide bonds. The monoisotopic (exact) mass is 792 g/mol. The molecule has 58 heavy (non-hydrogen) atoms. The summed E-state index contributed by atoms with van der Waals surface area (Å²) in [5.41, 5.74) is 12.2. The number of benzene rings is 2. The Kier molecular flexibility index (Phi) is 13.0. The van der Waals surface area contributed by atoms with E-state index in [0.717, 1.165) is 100 Å². The molecule has 2 aromatic carbocycles. The van der Waals surface area contributed by atoms with E-state index >= 15 is 0 Å². The van der Waals surface area contributed by atoms with Gasteiger partial charge in [-0.25, -0.2) is 9.97 Å². The van der Waals surface area contributed by atoms with Crippen LogP contribution in [-0.4, -0.2) is 120 Å². The summed E-state index contributed by atoms with van der Waals surface area (Å²) in [6.45, 7) is 8.03. The second kappa shape index (κ2) is 18.5. The van der Waals surface area contributed by atoms with Crippen molar-refractivity contribution in [1.82, 2.24) is 35.1 Å². The van der Waals surface area contributed by atoms with Crippen LogP contribution in [0.2, 0.25) is 0 Å². The van der Waals surface area contributed by atoms with Gasteiger partial charge in [-0.3, -0.25) is 24.5 Å². The number of likely N-dealkylation sites (tertiary alicyclic amines) is 1. The van der Waals surface area contributed by atoms with E-state index in [1.165, 1.54) is 16.7 Å². The van der Waals surface area contributed by atoms with Gasteiger partial charge in [0.15, 0.2) is 17.1 Å². The molecule has 0 saturated carbocycles. The maximum absolute atomic E-state index is 12.4. The highest BCUT2D eigenvalue weighted by molar-refractivity contribution is 5.96. The Bertz CT molecular complexity index is 2080. The first-order valence-electron chi connectivity index (χ1n) is 20.6. The summed E-state index contributed by atoms with van der Waals surface area (Å²) in [6.07, 6.45) is 9.79. The van der Waals surface area contributed by atoms with Gasteiger partial charge in [-0.15, -0.1) is 0 Å². The van der Waals surface area contributed by atoms with E-state index in [9.17, 15) is 19.2 Å². The van der Waals surface area contributed by atoms with Crippen LogP contribution in [0, 0.1) is 5.92 Å². The van der Waals surface area contributed by atoms with Crippen molar-refractivity contribution in [2.75, 3.05) is 70.1 Å². The van der Waals surface area contributed by atoms with Crippen LogP contribution in [0.1, 0.15) is 90.2 Å². The third-order valence-corrected chi connectivity index (χ3v) is 12.2. The molecule has 0 bridgehead atoms. The van der Waals surface area contributed by atoms with Gasteiger partial charge in [-0.2, -0.15) is 0 Å². The van der Waals surface area contributed by atoms with Crippen LogP contribution in [0.3, 0.4) is 0 Å². The van der Waals surface area contributed by atoms with Gasteiger partial charge in [0.1, 0.15) is 5.82 Å². The maximum Gasteiger partial charge on any atom is 0.271 e. The van der Waals surface area contributed by atoms with Crippen LogP contribution in [0.15, 0.2) is 47.1 Å². The van der Waals surface area contributed by atoms with Crippen molar-refractivity contribution in [3.63, 3.8) is 0 Å². The topological polar surface area (TPSA) is 183 Å². The lowest BCUT2D eigenvalue weighted by Gasteiger charge is -2.38. The maximum atomic E-state index is 12.4. The number of hydrogen-bond donors (Lipinski definition) is 3. The third kappa shape index (κ3) is 9.47. The molecule has 7 rings (SSSR count). The standard InChI is InChI=1S/C43H56N10O5/c1-28(6-13-38(56)46-26-54)39-35-12-9-32-21-29(22-36(32)41(35)58-49-39)24-51-17-14-31(15-18-51)30-7-10-33(11-8-30)47-43-40(42(44)57)45-23-37(48-43)52-16-4-5-34(25-52)53(27-55)20-19-50(2)3/h7-12,23,26-29,31,34H,4-6,13-22,24-25H2,1-3H3,(H2,44,57)(H,47,48)(H,46,54,56). The molecule has 3 unspecified atom stereocenters. The Morgan fingerprint density at radius 2 is 1.83 bits per heavy atom. The number of rotatable bonds is 17. The highest BCUT2D eigenvalue weighted by atomic mass is 16.5. The molecule has 15 nitrogen and oxygen atoms in total.